The van der Waals surface area contributed by atoms with Crippen LogP contribution in [0.1, 0.15) is 24.2 Å². The summed E-state index contributed by atoms with van der Waals surface area (Å²) in [5.41, 5.74) is 2.28. The maximum atomic E-state index is 13.0. The van der Waals surface area contributed by atoms with Gasteiger partial charge in [0, 0.05) is 42.5 Å². The maximum absolute atomic E-state index is 13.0. The fraction of sp³-hybridized carbons (Fsp3) is 0.409. The minimum absolute atomic E-state index is 0.0274. The number of furan rings is 1. The minimum atomic E-state index is -0.158. The molecule has 1 fully saturated rings. The third-order valence-corrected chi connectivity index (χ3v) is 5.66. The van der Waals surface area contributed by atoms with Gasteiger partial charge in [0.15, 0.2) is 0 Å². The molecule has 8 nitrogen and oxygen atoms in total. The first-order valence-corrected chi connectivity index (χ1v) is 9.99. The average Bonchev–Trinajstić information content (AvgIpc) is 3.07. The highest BCUT2D eigenvalue weighted by Crippen LogP contribution is 2.33. The Morgan fingerprint density at radius 2 is 1.90 bits per heavy atom. The first-order valence-electron chi connectivity index (χ1n) is 9.99. The molecule has 4 rings (SSSR count). The van der Waals surface area contributed by atoms with E-state index in [1.165, 1.54) is 6.33 Å². The number of methoxy groups -OCH3 is 2. The lowest BCUT2D eigenvalue weighted by Crippen LogP contribution is -2.41. The third-order valence-electron chi connectivity index (χ3n) is 5.66. The van der Waals surface area contributed by atoms with E-state index >= 15 is 0 Å². The van der Waals surface area contributed by atoms with Crippen LogP contribution in [-0.4, -0.2) is 43.2 Å². The van der Waals surface area contributed by atoms with E-state index in [2.05, 4.69) is 20.2 Å². The summed E-state index contributed by atoms with van der Waals surface area (Å²) >= 11 is 0. The summed E-state index contributed by atoms with van der Waals surface area (Å²) in [4.78, 5) is 23.9. The van der Waals surface area contributed by atoms with Crippen LogP contribution >= 0.6 is 0 Å². The van der Waals surface area contributed by atoms with Crippen molar-refractivity contribution in [1.82, 2.24) is 9.97 Å². The van der Waals surface area contributed by atoms with Gasteiger partial charge in [0.05, 0.1) is 25.5 Å². The molecule has 2 aromatic heterocycles. The monoisotopic (exact) mass is 410 g/mol. The molecule has 0 unspecified atom stereocenters. The summed E-state index contributed by atoms with van der Waals surface area (Å²) < 4.78 is 16.3. The van der Waals surface area contributed by atoms with Crippen molar-refractivity contribution in [3.05, 3.63) is 35.9 Å². The van der Waals surface area contributed by atoms with Crippen LogP contribution in [0.15, 0.2) is 28.9 Å². The molecule has 158 valence electrons. The van der Waals surface area contributed by atoms with Crippen molar-refractivity contribution in [2.45, 2.75) is 26.7 Å². The number of aromatic nitrogens is 2. The molecular weight excluding hydrogens is 384 g/mol. The molecule has 1 N–H and O–H groups in total. The lowest BCUT2D eigenvalue weighted by Gasteiger charge is -2.33. The number of amides is 1. The molecule has 1 aliphatic heterocycles. The van der Waals surface area contributed by atoms with E-state index in [9.17, 15) is 4.79 Å². The number of nitrogens with zero attached hydrogens (tertiary/aromatic N) is 3. The normalized spacial score (nSPS) is 16.5. The Balaban J connectivity index is 1.54. The van der Waals surface area contributed by atoms with Crippen LogP contribution in [0, 0.1) is 19.8 Å². The molecule has 1 amide bonds. The Hall–Kier alpha value is -3.29. The fourth-order valence-corrected chi connectivity index (χ4v) is 3.91. The average molecular weight is 410 g/mol. The zero-order valence-electron chi connectivity index (χ0n) is 17.7. The van der Waals surface area contributed by atoms with Crippen LogP contribution in [0.25, 0.3) is 11.1 Å². The SMILES string of the molecule is COc1cc(NC(=O)[C@@H]2CCCN(c3ncnc4oc(C)c(C)c34)C2)cc(OC)c1. The molecule has 0 spiro atoms. The van der Waals surface area contributed by atoms with Gasteiger partial charge in [-0.05, 0) is 26.7 Å². The molecule has 3 heterocycles. The highest BCUT2D eigenvalue weighted by molar-refractivity contribution is 5.94. The largest absolute Gasteiger partial charge is 0.497 e. The van der Waals surface area contributed by atoms with Gasteiger partial charge in [0.1, 0.15) is 29.4 Å². The molecule has 0 aliphatic carbocycles. The molecule has 0 bridgehead atoms. The molecule has 0 radical (unpaired) electrons. The summed E-state index contributed by atoms with van der Waals surface area (Å²) in [7, 11) is 3.17. The molecule has 3 aromatic rings. The number of piperidine rings is 1. The number of carbonyl (C=O) groups is 1. The lowest BCUT2D eigenvalue weighted by atomic mass is 9.96. The van der Waals surface area contributed by atoms with Crippen molar-refractivity contribution in [2.75, 3.05) is 37.5 Å². The van der Waals surface area contributed by atoms with Crippen molar-refractivity contribution >= 4 is 28.5 Å². The minimum Gasteiger partial charge on any atom is -0.497 e. The van der Waals surface area contributed by atoms with E-state index < -0.39 is 0 Å². The van der Waals surface area contributed by atoms with Crippen molar-refractivity contribution in [3.63, 3.8) is 0 Å². The van der Waals surface area contributed by atoms with Crippen LogP contribution < -0.4 is 19.7 Å². The smallest absolute Gasteiger partial charge is 0.231 e. The Bertz CT molecular complexity index is 1060. The number of hydrogen-bond acceptors (Lipinski definition) is 7. The van der Waals surface area contributed by atoms with Gasteiger partial charge in [-0.2, -0.15) is 0 Å². The molecule has 30 heavy (non-hydrogen) atoms. The molecular formula is C22H26N4O4. The van der Waals surface area contributed by atoms with Crippen LogP contribution in [0.3, 0.4) is 0 Å². The summed E-state index contributed by atoms with van der Waals surface area (Å²) in [6.07, 6.45) is 3.24. The number of carbonyl (C=O) groups excluding carboxylic acids is 1. The van der Waals surface area contributed by atoms with Crippen molar-refractivity contribution in [1.29, 1.82) is 0 Å². The number of aryl methyl sites for hydroxylation is 2. The molecule has 1 aromatic carbocycles. The number of rotatable bonds is 5. The number of anilines is 2. The lowest BCUT2D eigenvalue weighted by molar-refractivity contribution is -0.120. The van der Waals surface area contributed by atoms with Crippen LogP contribution in [0.4, 0.5) is 11.5 Å². The first-order chi connectivity index (χ1) is 14.5. The highest BCUT2D eigenvalue weighted by atomic mass is 16.5. The van der Waals surface area contributed by atoms with E-state index in [1.54, 1.807) is 32.4 Å². The van der Waals surface area contributed by atoms with Gasteiger partial charge in [-0.15, -0.1) is 0 Å². The number of nitrogens with one attached hydrogen (secondary N) is 1. The van der Waals surface area contributed by atoms with Gasteiger partial charge < -0.3 is 24.1 Å². The number of fused-ring (bicyclic) bond motifs is 1. The van der Waals surface area contributed by atoms with Gasteiger partial charge in [-0.1, -0.05) is 0 Å². The second kappa shape index (κ2) is 8.22. The van der Waals surface area contributed by atoms with E-state index in [0.29, 0.717) is 29.4 Å². The van der Waals surface area contributed by atoms with Crippen LogP contribution in [-0.2, 0) is 4.79 Å². The second-order valence-corrected chi connectivity index (χ2v) is 7.54. The molecule has 1 aliphatic rings. The summed E-state index contributed by atoms with van der Waals surface area (Å²) in [5, 5.41) is 3.93. The van der Waals surface area contributed by atoms with E-state index in [-0.39, 0.29) is 11.8 Å². The molecule has 8 heteroatoms. The second-order valence-electron chi connectivity index (χ2n) is 7.54. The molecule has 0 saturated carbocycles. The zero-order chi connectivity index (χ0) is 21.3. The van der Waals surface area contributed by atoms with Crippen LogP contribution in [0.2, 0.25) is 0 Å². The van der Waals surface area contributed by atoms with Gasteiger partial charge in [0.2, 0.25) is 11.6 Å². The Labute approximate surface area is 175 Å². The molecule has 1 saturated heterocycles. The summed E-state index contributed by atoms with van der Waals surface area (Å²) in [6, 6.07) is 5.34. The van der Waals surface area contributed by atoms with E-state index in [1.807, 2.05) is 13.8 Å². The van der Waals surface area contributed by atoms with Crippen LogP contribution in [0.5, 0.6) is 11.5 Å². The summed E-state index contributed by atoms with van der Waals surface area (Å²) in [5.74, 6) is 2.74. The van der Waals surface area contributed by atoms with Gasteiger partial charge >= 0.3 is 0 Å². The standard InChI is InChI=1S/C22H26N4O4/c1-13-14(2)30-22-19(13)20(23-12-24-22)26-7-5-6-15(11-26)21(27)25-16-8-17(28-3)10-18(9-16)29-4/h8-10,12,15H,5-7,11H2,1-4H3,(H,25,27)/t15-/m1/s1. The predicted molar refractivity (Wildman–Crippen MR) is 114 cm³/mol. The zero-order valence-corrected chi connectivity index (χ0v) is 17.7. The Morgan fingerprint density at radius 3 is 2.60 bits per heavy atom. The topological polar surface area (TPSA) is 89.7 Å². The van der Waals surface area contributed by atoms with Crippen molar-refractivity contribution in [2.24, 2.45) is 5.92 Å². The summed E-state index contributed by atoms with van der Waals surface area (Å²) in [6.45, 7) is 5.36. The highest BCUT2D eigenvalue weighted by Gasteiger charge is 2.29. The van der Waals surface area contributed by atoms with E-state index in [0.717, 1.165) is 41.9 Å². The van der Waals surface area contributed by atoms with Gasteiger partial charge in [-0.3, -0.25) is 4.79 Å². The quantitative estimate of drug-likeness (QED) is 0.686. The van der Waals surface area contributed by atoms with Gasteiger partial charge in [-0.25, -0.2) is 9.97 Å². The first kappa shape index (κ1) is 20.0. The fourth-order valence-electron chi connectivity index (χ4n) is 3.91. The number of ether oxygens (including phenoxy) is 2. The third kappa shape index (κ3) is 3.77. The Morgan fingerprint density at radius 1 is 1.17 bits per heavy atom. The van der Waals surface area contributed by atoms with Crippen molar-refractivity contribution < 1.29 is 18.7 Å². The Kier molecular flexibility index (Phi) is 5.48. The van der Waals surface area contributed by atoms with Gasteiger partial charge in [0.25, 0.3) is 0 Å². The van der Waals surface area contributed by atoms with E-state index in [4.69, 9.17) is 13.9 Å². The predicted octanol–water partition coefficient (Wildman–Crippen LogP) is 3.71. The number of benzene rings is 1. The number of hydrogen-bond donors (Lipinski definition) is 1. The molecule has 1 atom stereocenters. The van der Waals surface area contributed by atoms with Crippen molar-refractivity contribution in [3.8, 4) is 11.5 Å². The maximum Gasteiger partial charge on any atom is 0.231 e.